The summed E-state index contributed by atoms with van der Waals surface area (Å²) < 4.78 is 0. The van der Waals surface area contributed by atoms with Gasteiger partial charge in [0, 0.05) is 0 Å². The molecule has 0 aromatic heterocycles. The molecule has 0 heterocycles. The van der Waals surface area contributed by atoms with E-state index >= 15 is 0 Å². The third kappa shape index (κ3) is 4.51. The van der Waals surface area contributed by atoms with Crippen molar-refractivity contribution in [3.05, 3.63) is 94.5 Å². The number of benzene rings is 3. The van der Waals surface area contributed by atoms with Crippen LogP contribution in [0.25, 0.3) is 0 Å². The molecule has 0 aliphatic carbocycles. The maximum absolute atomic E-state index is 6.26. The van der Waals surface area contributed by atoms with Crippen molar-refractivity contribution in [1.82, 2.24) is 0 Å². The summed E-state index contributed by atoms with van der Waals surface area (Å²) in [6.07, 6.45) is 0. The molecular formula is C19H15Cl3N2. The van der Waals surface area contributed by atoms with E-state index in [2.05, 4.69) is 10.3 Å². The first-order valence-corrected chi connectivity index (χ1v) is 7.95. The molecule has 0 atom stereocenters. The lowest BCUT2D eigenvalue weighted by molar-refractivity contribution is -0.352. The molecule has 3 aromatic rings. The predicted octanol–water partition coefficient (Wildman–Crippen LogP) is 1.27. The van der Waals surface area contributed by atoms with E-state index in [9.17, 15) is 0 Å². The molecule has 0 aliphatic rings. The number of nitrogens with one attached hydrogen (secondary N) is 2. The Hall–Kier alpha value is -2.00. The molecule has 0 unspecified atom stereocenters. The van der Waals surface area contributed by atoms with Gasteiger partial charge in [-0.25, -0.2) is 10.3 Å². The molecule has 0 bridgehead atoms. The van der Waals surface area contributed by atoms with Crippen LogP contribution in [0.2, 0.25) is 10.0 Å². The summed E-state index contributed by atoms with van der Waals surface area (Å²) in [4.78, 5) is 3.35. The summed E-state index contributed by atoms with van der Waals surface area (Å²) in [7, 11) is 0. The molecule has 0 spiro atoms. The van der Waals surface area contributed by atoms with Crippen LogP contribution in [0.15, 0.2) is 78.9 Å². The lowest BCUT2D eigenvalue weighted by atomic mass is 10.2. The van der Waals surface area contributed by atoms with Gasteiger partial charge in [-0.1, -0.05) is 65.7 Å². The summed E-state index contributed by atoms with van der Waals surface area (Å²) in [6, 6.07) is 25.2. The molecular weight excluding hydrogens is 363 g/mol. The third-order valence-electron chi connectivity index (χ3n) is 3.33. The van der Waals surface area contributed by atoms with Gasteiger partial charge in [0.05, 0.1) is 15.6 Å². The SMILES string of the molecule is Clc1ccccc1NC(=[NH+]c1ccccc1Cl)c1ccccc1.[Cl-]. The van der Waals surface area contributed by atoms with Crippen molar-refractivity contribution in [2.75, 3.05) is 5.32 Å². The highest BCUT2D eigenvalue weighted by atomic mass is 35.5. The smallest absolute Gasteiger partial charge is 0.285 e. The normalized spacial score (nSPS) is 10.8. The summed E-state index contributed by atoms with van der Waals surface area (Å²) in [5, 5.41) is 4.66. The van der Waals surface area contributed by atoms with Crippen molar-refractivity contribution < 1.29 is 17.4 Å². The van der Waals surface area contributed by atoms with Crippen LogP contribution in [-0.4, -0.2) is 5.84 Å². The number of halogens is 3. The molecule has 2 N–H and O–H groups in total. The Kier molecular flexibility index (Phi) is 6.68. The van der Waals surface area contributed by atoms with Crippen LogP contribution >= 0.6 is 23.2 Å². The number of rotatable bonds is 3. The largest absolute Gasteiger partial charge is 1.00 e. The van der Waals surface area contributed by atoms with Gasteiger partial charge in [-0.2, -0.15) is 0 Å². The summed E-state index contributed by atoms with van der Waals surface area (Å²) in [5.41, 5.74) is 2.66. The summed E-state index contributed by atoms with van der Waals surface area (Å²) in [6.45, 7) is 0. The first-order chi connectivity index (χ1) is 11.2. The summed E-state index contributed by atoms with van der Waals surface area (Å²) >= 11 is 12.5. The summed E-state index contributed by atoms with van der Waals surface area (Å²) in [5.74, 6) is 0.812. The van der Waals surface area contributed by atoms with Crippen molar-refractivity contribution >= 4 is 40.4 Å². The van der Waals surface area contributed by atoms with E-state index in [1.165, 1.54) is 0 Å². The number of para-hydroxylation sites is 2. The van der Waals surface area contributed by atoms with Gasteiger partial charge in [0.15, 0.2) is 0 Å². The number of amidine groups is 1. The van der Waals surface area contributed by atoms with Crippen molar-refractivity contribution in [3.8, 4) is 0 Å². The molecule has 0 amide bonds. The zero-order chi connectivity index (χ0) is 16.1. The fourth-order valence-corrected chi connectivity index (χ4v) is 2.54. The van der Waals surface area contributed by atoms with Gasteiger partial charge >= 0.3 is 0 Å². The molecule has 3 aromatic carbocycles. The van der Waals surface area contributed by atoms with Crippen LogP contribution < -0.4 is 22.7 Å². The van der Waals surface area contributed by atoms with Gasteiger partial charge in [0.1, 0.15) is 11.4 Å². The minimum absolute atomic E-state index is 0. The van der Waals surface area contributed by atoms with E-state index in [4.69, 9.17) is 23.2 Å². The Morgan fingerprint density at radius 1 is 0.708 bits per heavy atom. The number of hydrogen-bond acceptors (Lipinski definition) is 0. The lowest BCUT2D eigenvalue weighted by Crippen LogP contribution is -3.00. The second kappa shape index (κ2) is 8.74. The maximum atomic E-state index is 6.26. The highest BCUT2D eigenvalue weighted by molar-refractivity contribution is 6.34. The Balaban J connectivity index is 0.00000208. The van der Waals surface area contributed by atoms with Gasteiger partial charge in [0.25, 0.3) is 5.84 Å². The predicted molar refractivity (Wildman–Crippen MR) is 97.7 cm³/mol. The van der Waals surface area contributed by atoms with Crippen LogP contribution in [-0.2, 0) is 0 Å². The molecule has 0 aliphatic heterocycles. The van der Waals surface area contributed by atoms with Gasteiger partial charge in [0.2, 0.25) is 0 Å². The average molecular weight is 378 g/mol. The van der Waals surface area contributed by atoms with Crippen LogP contribution in [0.4, 0.5) is 11.4 Å². The first-order valence-electron chi connectivity index (χ1n) is 7.19. The zero-order valence-corrected chi connectivity index (χ0v) is 14.9. The van der Waals surface area contributed by atoms with E-state index in [0.29, 0.717) is 10.0 Å². The molecule has 122 valence electrons. The van der Waals surface area contributed by atoms with Crippen molar-refractivity contribution in [2.24, 2.45) is 0 Å². The first kappa shape index (κ1) is 18.3. The van der Waals surface area contributed by atoms with Crippen LogP contribution in [0.3, 0.4) is 0 Å². The number of anilines is 1. The van der Waals surface area contributed by atoms with Crippen molar-refractivity contribution in [2.45, 2.75) is 0 Å². The molecule has 0 fully saturated rings. The minimum Gasteiger partial charge on any atom is -1.00 e. The van der Waals surface area contributed by atoms with Crippen LogP contribution in [0, 0.1) is 0 Å². The average Bonchev–Trinajstić information content (AvgIpc) is 2.59. The van der Waals surface area contributed by atoms with Gasteiger partial charge < -0.3 is 12.4 Å². The van der Waals surface area contributed by atoms with Crippen molar-refractivity contribution in [1.29, 1.82) is 0 Å². The molecule has 0 radical (unpaired) electrons. The van der Waals surface area contributed by atoms with Crippen LogP contribution in [0.5, 0.6) is 0 Å². The Bertz CT molecular complexity index is 833. The van der Waals surface area contributed by atoms with E-state index < -0.39 is 0 Å². The molecule has 0 saturated carbocycles. The van der Waals surface area contributed by atoms with E-state index in [1.54, 1.807) is 0 Å². The monoisotopic (exact) mass is 376 g/mol. The van der Waals surface area contributed by atoms with E-state index in [-0.39, 0.29) is 12.4 Å². The highest BCUT2D eigenvalue weighted by Crippen LogP contribution is 2.21. The fraction of sp³-hybridized carbons (Fsp3) is 0. The Morgan fingerprint density at radius 2 is 1.29 bits per heavy atom. The maximum Gasteiger partial charge on any atom is 0.285 e. The third-order valence-corrected chi connectivity index (χ3v) is 3.99. The van der Waals surface area contributed by atoms with Gasteiger partial charge in [-0.15, -0.1) is 0 Å². The lowest BCUT2D eigenvalue weighted by Gasteiger charge is -2.06. The molecule has 2 nitrogen and oxygen atoms in total. The fourth-order valence-electron chi connectivity index (χ4n) is 2.17. The van der Waals surface area contributed by atoms with E-state index in [0.717, 1.165) is 22.8 Å². The quantitative estimate of drug-likeness (QED) is 0.522. The second-order valence-corrected chi connectivity index (χ2v) is 5.77. The number of hydrogen-bond donors (Lipinski definition) is 2. The standard InChI is InChI=1S/C19H14Cl2N2.ClH/c20-15-10-4-6-12-17(15)22-19(14-8-2-1-3-9-14)23-18-13-7-5-11-16(18)21;/h1-13H,(H,22,23);1H. The molecule has 24 heavy (non-hydrogen) atoms. The zero-order valence-electron chi connectivity index (χ0n) is 12.6. The molecule has 3 rings (SSSR count). The highest BCUT2D eigenvalue weighted by Gasteiger charge is 2.14. The Labute approximate surface area is 157 Å². The van der Waals surface area contributed by atoms with Gasteiger partial charge in [-0.05, 0) is 36.4 Å². The Morgan fingerprint density at radius 3 is 1.96 bits per heavy atom. The van der Waals surface area contributed by atoms with Gasteiger partial charge in [-0.3, -0.25) is 0 Å². The molecule has 5 heteroatoms. The van der Waals surface area contributed by atoms with Crippen LogP contribution in [0.1, 0.15) is 5.56 Å². The minimum atomic E-state index is 0. The topological polar surface area (TPSA) is 26.0 Å². The molecule has 0 saturated heterocycles. The van der Waals surface area contributed by atoms with Crippen molar-refractivity contribution in [3.63, 3.8) is 0 Å². The van der Waals surface area contributed by atoms with E-state index in [1.807, 2.05) is 78.9 Å². The second-order valence-electron chi connectivity index (χ2n) is 4.95.